The van der Waals surface area contributed by atoms with Gasteiger partial charge < -0.3 is 14.8 Å². The molecular formula is C22H25FN4O5. The number of benzene rings is 1. The van der Waals surface area contributed by atoms with Gasteiger partial charge in [-0.1, -0.05) is 11.8 Å². The number of carbonyl (C=O) groups is 2. The number of hydrogen-bond acceptors (Lipinski definition) is 6. The number of nitrogens with one attached hydrogen (secondary N) is 2. The van der Waals surface area contributed by atoms with Gasteiger partial charge in [-0.15, -0.1) is 0 Å². The van der Waals surface area contributed by atoms with E-state index in [1.807, 2.05) is 0 Å². The fraction of sp³-hybridized carbons (Fsp3) is 0.500. The van der Waals surface area contributed by atoms with Gasteiger partial charge in [0.05, 0.1) is 29.8 Å². The molecule has 2 N–H and O–H groups in total. The lowest BCUT2D eigenvalue weighted by Gasteiger charge is -2.25. The van der Waals surface area contributed by atoms with Gasteiger partial charge in [-0.25, -0.2) is 9.18 Å². The molecule has 0 saturated carbocycles. The second kappa shape index (κ2) is 9.14. The van der Waals surface area contributed by atoms with Crippen LogP contribution in [0.15, 0.2) is 16.9 Å². The highest BCUT2D eigenvalue weighted by Gasteiger charge is 2.32. The predicted molar refractivity (Wildman–Crippen MR) is 114 cm³/mol. The molecule has 1 aromatic heterocycles. The number of imide groups is 1. The van der Waals surface area contributed by atoms with Crippen LogP contribution in [0.3, 0.4) is 0 Å². The van der Waals surface area contributed by atoms with Crippen molar-refractivity contribution in [3.05, 3.63) is 28.2 Å². The Balaban J connectivity index is 1.69. The summed E-state index contributed by atoms with van der Waals surface area (Å²) >= 11 is 0. The average Bonchev–Trinajstić information content (AvgIpc) is 3.03. The van der Waals surface area contributed by atoms with Crippen LogP contribution in [0.25, 0.3) is 11.0 Å². The highest BCUT2D eigenvalue weighted by atomic mass is 19.1. The Morgan fingerprint density at radius 1 is 1.25 bits per heavy atom. The van der Waals surface area contributed by atoms with Gasteiger partial charge in [0.25, 0.3) is 0 Å². The van der Waals surface area contributed by atoms with E-state index in [-0.39, 0.29) is 31.9 Å². The van der Waals surface area contributed by atoms with Crippen molar-refractivity contribution in [2.24, 2.45) is 7.05 Å². The molecular weight excluding hydrogens is 419 g/mol. The summed E-state index contributed by atoms with van der Waals surface area (Å²) in [6, 6.07) is 2.59. The monoisotopic (exact) mass is 444 g/mol. The zero-order valence-corrected chi connectivity index (χ0v) is 17.9. The molecule has 3 heterocycles. The summed E-state index contributed by atoms with van der Waals surface area (Å²) in [4.78, 5) is 37.0. The minimum Gasteiger partial charge on any atom is -0.495 e. The number of aryl methyl sites for hydroxylation is 1. The lowest BCUT2D eigenvalue weighted by Crippen LogP contribution is -2.44. The molecule has 2 aliphatic rings. The number of ether oxygens (including phenoxy) is 2. The first-order chi connectivity index (χ1) is 15.4. The maximum Gasteiger partial charge on any atom is 0.329 e. The van der Waals surface area contributed by atoms with E-state index < -0.39 is 29.9 Å². The average molecular weight is 444 g/mol. The number of methoxy groups -OCH3 is 1. The van der Waals surface area contributed by atoms with E-state index in [9.17, 15) is 18.8 Å². The molecule has 0 aliphatic carbocycles. The molecule has 0 spiro atoms. The van der Waals surface area contributed by atoms with Crippen molar-refractivity contribution in [2.45, 2.75) is 37.6 Å². The summed E-state index contributed by atoms with van der Waals surface area (Å²) in [5.41, 5.74) is 1.11. The standard InChI is InChI=1S/C22H25FN4O5/c1-26-20-13(4-3-11-32-18-9-10-24-12-14(18)23)17(31-2)7-5-15(20)27(22(26)30)16-6-8-19(28)25-21(16)29/h5,7,14,16,18,24H,6,8-12H2,1-2H3,(H,25,28,29)/t14-,16?,18+/m0/s1. The summed E-state index contributed by atoms with van der Waals surface area (Å²) in [5.74, 6) is 5.51. The van der Waals surface area contributed by atoms with E-state index in [0.717, 1.165) is 0 Å². The first kappa shape index (κ1) is 22.0. The summed E-state index contributed by atoms with van der Waals surface area (Å²) in [5, 5.41) is 5.26. The van der Waals surface area contributed by atoms with Crippen LogP contribution in [0.2, 0.25) is 0 Å². The first-order valence-electron chi connectivity index (χ1n) is 10.5. The number of piperidine rings is 2. The van der Waals surface area contributed by atoms with Crippen LogP contribution in [0, 0.1) is 11.8 Å². The quantitative estimate of drug-likeness (QED) is 0.523. The van der Waals surface area contributed by atoms with Gasteiger partial charge in [0, 0.05) is 20.0 Å². The summed E-state index contributed by atoms with van der Waals surface area (Å²) in [6.07, 6.45) is -0.602. The molecule has 4 rings (SSSR count). The molecule has 1 unspecified atom stereocenters. The predicted octanol–water partition coefficient (Wildman–Crippen LogP) is 0.394. The lowest BCUT2D eigenvalue weighted by molar-refractivity contribution is -0.135. The van der Waals surface area contributed by atoms with Crippen LogP contribution < -0.4 is 21.1 Å². The minimum absolute atomic E-state index is 0.0342. The molecule has 2 aliphatic heterocycles. The van der Waals surface area contributed by atoms with Gasteiger partial charge in [0.2, 0.25) is 11.8 Å². The maximum atomic E-state index is 13.9. The largest absolute Gasteiger partial charge is 0.495 e. The SMILES string of the molecule is COc1ccc2c(c1C#CCO[C@@H]1CCNC[C@@H]1F)n(C)c(=O)n2C1CCC(=O)NC1=O. The number of amides is 2. The minimum atomic E-state index is -1.08. The molecule has 9 nitrogen and oxygen atoms in total. The normalized spacial score (nSPS) is 23.5. The van der Waals surface area contributed by atoms with Crippen molar-refractivity contribution in [3.63, 3.8) is 0 Å². The summed E-state index contributed by atoms with van der Waals surface area (Å²) in [6.45, 7) is 0.995. The number of aromatic nitrogens is 2. The molecule has 170 valence electrons. The maximum absolute atomic E-state index is 13.9. The molecule has 2 saturated heterocycles. The van der Waals surface area contributed by atoms with Gasteiger partial charge in [-0.05, 0) is 31.5 Å². The van der Waals surface area contributed by atoms with E-state index >= 15 is 0 Å². The van der Waals surface area contributed by atoms with Crippen LogP contribution in [-0.4, -0.2) is 60.0 Å². The number of halogens is 1. The Morgan fingerprint density at radius 3 is 2.78 bits per heavy atom. The van der Waals surface area contributed by atoms with Crippen LogP contribution in [-0.2, 0) is 21.4 Å². The van der Waals surface area contributed by atoms with Crippen molar-refractivity contribution in [1.82, 2.24) is 19.8 Å². The zero-order valence-electron chi connectivity index (χ0n) is 17.9. The van der Waals surface area contributed by atoms with E-state index in [1.165, 1.54) is 16.2 Å². The Labute approximate surface area is 183 Å². The van der Waals surface area contributed by atoms with E-state index in [4.69, 9.17) is 9.47 Å². The summed E-state index contributed by atoms with van der Waals surface area (Å²) < 4.78 is 27.7. The van der Waals surface area contributed by atoms with Crippen LogP contribution >= 0.6 is 0 Å². The molecule has 0 bridgehead atoms. The highest BCUT2D eigenvalue weighted by Crippen LogP contribution is 2.29. The van der Waals surface area contributed by atoms with Crippen molar-refractivity contribution in [2.75, 3.05) is 26.8 Å². The fourth-order valence-corrected chi connectivity index (χ4v) is 4.23. The highest BCUT2D eigenvalue weighted by molar-refractivity contribution is 6.00. The van der Waals surface area contributed by atoms with E-state index in [0.29, 0.717) is 35.3 Å². The molecule has 1 aromatic carbocycles. The Morgan fingerprint density at radius 2 is 2.06 bits per heavy atom. The number of imidazole rings is 1. The van der Waals surface area contributed by atoms with Crippen LogP contribution in [0.5, 0.6) is 5.75 Å². The molecule has 0 radical (unpaired) electrons. The van der Waals surface area contributed by atoms with Crippen molar-refractivity contribution in [1.29, 1.82) is 0 Å². The van der Waals surface area contributed by atoms with Gasteiger partial charge in [-0.2, -0.15) is 0 Å². The zero-order chi connectivity index (χ0) is 22.8. The molecule has 2 amide bonds. The third kappa shape index (κ3) is 4.01. The van der Waals surface area contributed by atoms with Crippen molar-refractivity contribution < 1.29 is 23.5 Å². The van der Waals surface area contributed by atoms with E-state index in [2.05, 4.69) is 22.5 Å². The second-order valence-electron chi connectivity index (χ2n) is 7.85. The Hall–Kier alpha value is -3.16. The molecule has 32 heavy (non-hydrogen) atoms. The molecule has 10 heteroatoms. The van der Waals surface area contributed by atoms with Crippen LogP contribution in [0.1, 0.15) is 30.9 Å². The number of carbonyl (C=O) groups excluding carboxylic acids is 2. The second-order valence-corrected chi connectivity index (χ2v) is 7.85. The Kier molecular flexibility index (Phi) is 6.30. The van der Waals surface area contributed by atoms with Crippen LogP contribution in [0.4, 0.5) is 4.39 Å². The van der Waals surface area contributed by atoms with Gasteiger partial charge in [0.15, 0.2) is 0 Å². The number of hydrogen-bond donors (Lipinski definition) is 2. The topological polar surface area (TPSA) is 104 Å². The van der Waals surface area contributed by atoms with Gasteiger partial charge in [-0.3, -0.25) is 24.0 Å². The first-order valence-corrected chi connectivity index (χ1v) is 10.5. The number of rotatable bonds is 4. The Bertz CT molecular complexity index is 1170. The summed E-state index contributed by atoms with van der Waals surface area (Å²) in [7, 11) is 3.09. The molecule has 2 aromatic rings. The van der Waals surface area contributed by atoms with Gasteiger partial charge >= 0.3 is 5.69 Å². The third-order valence-corrected chi connectivity index (χ3v) is 5.88. The number of alkyl halides is 1. The third-order valence-electron chi connectivity index (χ3n) is 5.88. The molecule has 3 atom stereocenters. The van der Waals surface area contributed by atoms with E-state index in [1.54, 1.807) is 19.2 Å². The fourth-order valence-electron chi connectivity index (χ4n) is 4.23. The van der Waals surface area contributed by atoms with Gasteiger partial charge in [0.1, 0.15) is 24.6 Å². The number of fused-ring (bicyclic) bond motifs is 1. The smallest absolute Gasteiger partial charge is 0.329 e. The lowest BCUT2D eigenvalue weighted by atomic mass is 10.1. The molecule has 2 fully saturated rings. The van der Waals surface area contributed by atoms with Crippen molar-refractivity contribution >= 4 is 22.8 Å². The number of nitrogens with zero attached hydrogens (tertiary/aromatic N) is 2. The van der Waals surface area contributed by atoms with Crippen molar-refractivity contribution in [3.8, 4) is 17.6 Å².